The molecule has 0 amide bonds. The molecule has 0 aliphatic heterocycles. The first-order chi connectivity index (χ1) is 28.0. The number of nitrogens with one attached hydrogen (secondary N) is 2. The van der Waals surface area contributed by atoms with E-state index in [-0.39, 0.29) is 11.6 Å². The van der Waals surface area contributed by atoms with Gasteiger partial charge < -0.3 is 30.0 Å². The second-order valence-corrected chi connectivity index (χ2v) is 16.6. The standard InChI is InChI=1S/C45H52Cl2N6O5/c1-48-32(8-7-21-54)25-49-24-29-13-14-38(51-42(29)58-4)35-11-5-10-34(41(35)47)33-9-6-12-39-36(33)26-50-53(39)28-30-23-40(57-3)31(22-37(30)46)27-52(2)45-18-15-44(16-19-45,17-20-45)43(55)56/h5-6,9-14,21-23,26,32,48-49H,7-8,15-20,24-25,27-28H2,1-4H3,(H,55,56). The van der Waals surface area contributed by atoms with Crippen LogP contribution in [0.2, 0.25) is 10.0 Å². The van der Waals surface area contributed by atoms with Crippen LogP contribution in [0.4, 0.5) is 0 Å². The lowest BCUT2D eigenvalue weighted by Crippen LogP contribution is -2.56. The van der Waals surface area contributed by atoms with E-state index >= 15 is 0 Å². The Hall–Kier alpha value is -4.52. The molecule has 1 atom stereocenters. The number of ether oxygens (including phenoxy) is 2. The van der Waals surface area contributed by atoms with Crippen molar-refractivity contribution in [3.8, 4) is 34.0 Å². The number of hydrogen-bond donors (Lipinski definition) is 3. The summed E-state index contributed by atoms with van der Waals surface area (Å²) in [4.78, 5) is 30.1. The van der Waals surface area contributed by atoms with Crippen LogP contribution in [0.3, 0.4) is 0 Å². The second-order valence-electron chi connectivity index (χ2n) is 15.9. The zero-order valence-electron chi connectivity index (χ0n) is 33.6. The molecular formula is C45H52Cl2N6O5. The Balaban J connectivity index is 1.09. The predicted molar refractivity (Wildman–Crippen MR) is 229 cm³/mol. The predicted octanol–water partition coefficient (Wildman–Crippen LogP) is 8.40. The van der Waals surface area contributed by atoms with Crippen molar-refractivity contribution in [1.82, 2.24) is 30.3 Å². The summed E-state index contributed by atoms with van der Waals surface area (Å²) in [6.45, 7) is 2.36. The normalized spacial score (nSPS) is 19.4. The molecule has 2 bridgehead atoms. The maximum Gasteiger partial charge on any atom is 0.309 e. The molecule has 5 aromatic rings. The van der Waals surface area contributed by atoms with E-state index in [0.29, 0.717) is 54.2 Å². The highest BCUT2D eigenvalue weighted by Crippen LogP contribution is 2.55. The quantitative estimate of drug-likeness (QED) is 0.0741. The number of halogens is 2. The third-order valence-electron chi connectivity index (χ3n) is 12.8. The Bertz CT molecular complexity index is 2270. The number of fused-ring (bicyclic) bond motifs is 4. The molecule has 1 unspecified atom stereocenters. The highest BCUT2D eigenvalue weighted by molar-refractivity contribution is 6.36. The number of rotatable bonds is 18. The fourth-order valence-corrected chi connectivity index (χ4v) is 9.62. The van der Waals surface area contributed by atoms with E-state index in [4.69, 9.17) is 42.8 Å². The summed E-state index contributed by atoms with van der Waals surface area (Å²) in [7, 11) is 7.34. The van der Waals surface area contributed by atoms with Gasteiger partial charge >= 0.3 is 5.97 Å². The summed E-state index contributed by atoms with van der Waals surface area (Å²) in [6.07, 6.45) is 8.93. The molecule has 3 aromatic carbocycles. The first-order valence-corrected chi connectivity index (χ1v) is 20.7. The number of carbonyl (C=O) groups is 2. The smallest absolute Gasteiger partial charge is 0.309 e. The van der Waals surface area contributed by atoms with Gasteiger partial charge in [-0.2, -0.15) is 5.10 Å². The summed E-state index contributed by atoms with van der Waals surface area (Å²) in [6, 6.07) is 20.2. The van der Waals surface area contributed by atoms with Crippen molar-refractivity contribution in [3.05, 3.63) is 93.6 Å². The highest BCUT2D eigenvalue weighted by atomic mass is 35.5. The van der Waals surface area contributed by atoms with Crippen LogP contribution in [0.25, 0.3) is 33.3 Å². The van der Waals surface area contributed by atoms with E-state index in [1.807, 2.05) is 72.5 Å². The van der Waals surface area contributed by atoms with Crippen LogP contribution in [0, 0.1) is 5.41 Å². The molecule has 3 N–H and O–H groups in total. The molecule has 3 fully saturated rings. The minimum absolute atomic E-state index is 0.0105. The second kappa shape index (κ2) is 17.8. The van der Waals surface area contributed by atoms with E-state index in [9.17, 15) is 14.7 Å². The van der Waals surface area contributed by atoms with Gasteiger partial charge in [-0.1, -0.05) is 59.6 Å². The number of carboxylic acid groups (broad SMARTS) is 1. The molecule has 0 spiro atoms. The molecule has 3 aliphatic rings. The molecule has 8 rings (SSSR count). The SMILES string of the molecule is CNC(CCC=O)CNCc1ccc(-c2cccc(-c3cccc4c3cnn4Cc3cc(OC)c(CN(C)C45CCC(C(=O)O)(CC4)CC5)cc3Cl)c2Cl)nc1OC. The van der Waals surface area contributed by atoms with Crippen LogP contribution < -0.4 is 20.1 Å². The van der Waals surface area contributed by atoms with Gasteiger partial charge in [0.1, 0.15) is 12.0 Å². The monoisotopic (exact) mass is 826 g/mol. The van der Waals surface area contributed by atoms with Crippen LogP contribution in [0.5, 0.6) is 11.6 Å². The number of nitrogens with zero attached hydrogens (tertiary/aromatic N) is 4. The van der Waals surface area contributed by atoms with Gasteiger partial charge in [-0.15, -0.1) is 0 Å². The number of likely N-dealkylation sites (N-methyl/N-ethyl adjacent to an activating group) is 1. The van der Waals surface area contributed by atoms with Crippen molar-refractivity contribution in [2.75, 3.05) is 34.9 Å². The number of pyridine rings is 1. The summed E-state index contributed by atoms with van der Waals surface area (Å²) < 4.78 is 13.6. The molecule has 13 heteroatoms. The van der Waals surface area contributed by atoms with Gasteiger partial charge in [0.25, 0.3) is 0 Å². The van der Waals surface area contributed by atoms with Crippen molar-refractivity contribution in [1.29, 1.82) is 0 Å². The van der Waals surface area contributed by atoms with E-state index in [0.717, 1.165) is 101 Å². The zero-order valence-corrected chi connectivity index (χ0v) is 35.1. The first kappa shape index (κ1) is 41.6. The van der Waals surface area contributed by atoms with E-state index in [1.165, 1.54) is 0 Å². The van der Waals surface area contributed by atoms with E-state index in [1.54, 1.807) is 14.2 Å². The molecule has 3 saturated carbocycles. The third kappa shape index (κ3) is 8.20. The van der Waals surface area contributed by atoms with Gasteiger partial charge in [0, 0.05) is 70.3 Å². The fourth-order valence-electron chi connectivity index (χ4n) is 9.05. The molecule has 306 valence electrons. The zero-order chi connectivity index (χ0) is 41.0. The van der Waals surface area contributed by atoms with E-state index < -0.39 is 11.4 Å². The molecule has 0 saturated heterocycles. The number of carbonyl (C=O) groups excluding carboxylic acids is 1. The van der Waals surface area contributed by atoms with Crippen molar-refractivity contribution in [3.63, 3.8) is 0 Å². The topological polar surface area (TPSA) is 131 Å². The Morgan fingerprint density at radius 1 is 0.966 bits per heavy atom. The summed E-state index contributed by atoms with van der Waals surface area (Å²) >= 11 is 14.2. The Morgan fingerprint density at radius 3 is 2.38 bits per heavy atom. The molecule has 11 nitrogen and oxygen atoms in total. The van der Waals surface area contributed by atoms with Crippen molar-refractivity contribution in [2.45, 2.75) is 82.6 Å². The average Bonchev–Trinajstić information content (AvgIpc) is 3.66. The maximum atomic E-state index is 12.0. The number of methoxy groups -OCH3 is 2. The van der Waals surface area contributed by atoms with Gasteiger partial charge in [0.05, 0.1) is 48.6 Å². The number of aromatic nitrogens is 3. The van der Waals surface area contributed by atoms with E-state index in [2.05, 4.69) is 28.6 Å². The van der Waals surface area contributed by atoms with Crippen molar-refractivity contribution < 1.29 is 24.2 Å². The van der Waals surface area contributed by atoms with Gasteiger partial charge in [0.15, 0.2) is 0 Å². The Labute approximate surface area is 350 Å². The van der Waals surface area contributed by atoms with Gasteiger partial charge in [-0.3, -0.25) is 14.4 Å². The number of carboxylic acids is 1. The fraction of sp³-hybridized carbons (Fsp3) is 0.422. The van der Waals surface area contributed by atoms with Crippen molar-refractivity contribution in [2.24, 2.45) is 5.41 Å². The summed E-state index contributed by atoms with van der Waals surface area (Å²) in [5, 5.41) is 23.5. The minimum atomic E-state index is -0.642. The lowest BCUT2D eigenvalue weighted by Gasteiger charge is -2.55. The summed E-state index contributed by atoms with van der Waals surface area (Å²) in [5.74, 6) is 0.639. The van der Waals surface area contributed by atoms with Crippen LogP contribution in [-0.2, 0) is 29.2 Å². The molecule has 0 radical (unpaired) electrons. The Morgan fingerprint density at radius 2 is 1.69 bits per heavy atom. The van der Waals surface area contributed by atoms with Crippen molar-refractivity contribution >= 4 is 46.4 Å². The number of aliphatic carboxylic acids is 1. The largest absolute Gasteiger partial charge is 0.496 e. The number of benzene rings is 3. The molecule has 3 aliphatic carbocycles. The molecule has 2 heterocycles. The van der Waals surface area contributed by atoms with Crippen LogP contribution in [0.15, 0.2) is 66.9 Å². The molecule has 2 aromatic heterocycles. The van der Waals surface area contributed by atoms with Gasteiger partial charge in [-0.25, -0.2) is 4.98 Å². The maximum absolute atomic E-state index is 12.0. The van der Waals surface area contributed by atoms with Gasteiger partial charge in [-0.05, 0) is 94.4 Å². The molecule has 58 heavy (non-hydrogen) atoms. The third-order valence-corrected chi connectivity index (χ3v) is 13.5. The minimum Gasteiger partial charge on any atom is -0.496 e. The summed E-state index contributed by atoms with van der Waals surface area (Å²) in [5.41, 5.74) is 6.48. The Kier molecular flexibility index (Phi) is 12.8. The lowest BCUT2D eigenvalue weighted by molar-refractivity contribution is -0.160. The lowest BCUT2D eigenvalue weighted by atomic mass is 9.57. The highest BCUT2D eigenvalue weighted by Gasteiger charge is 2.54. The first-order valence-electron chi connectivity index (χ1n) is 19.9. The van der Waals surface area contributed by atoms with Crippen LogP contribution >= 0.6 is 23.2 Å². The number of hydrogen-bond acceptors (Lipinski definition) is 9. The van der Waals surface area contributed by atoms with Crippen LogP contribution in [0.1, 0.15) is 68.1 Å². The van der Waals surface area contributed by atoms with Gasteiger partial charge in [0.2, 0.25) is 5.88 Å². The average molecular weight is 828 g/mol. The molecular weight excluding hydrogens is 775 g/mol. The van der Waals surface area contributed by atoms with Crippen LogP contribution in [-0.4, -0.2) is 83.5 Å². The number of aldehydes is 1.